The van der Waals surface area contributed by atoms with Gasteiger partial charge < -0.3 is 20.5 Å². The number of carbonyl (C=O) groups excluding carboxylic acids is 2. The van der Waals surface area contributed by atoms with Crippen LogP contribution in [0.15, 0.2) is 17.1 Å². The number of H-pyrrole nitrogens is 1. The fraction of sp³-hybridized carbons (Fsp3) is 0.462. The second-order valence-electron chi connectivity index (χ2n) is 4.73. The monoisotopic (exact) mass is 278 g/mol. The van der Waals surface area contributed by atoms with Gasteiger partial charge in [-0.15, -0.1) is 0 Å². The lowest BCUT2D eigenvalue weighted by molar-refractivity contribution is -0.125. The highest BCUT2D eigenvalue weighted by molar-refractivity contribution is 5.97. The zero-order valence-corrected chi connectivity index (χ0v) is 11.5. The van der Waals surface area contributed by atoms with Gasteiger partial charge in [0.05, 0.1) is 0 Å². The van der Waals surface area contributed by atoms with Crippen LogP contribution >= 0.6 is 0 Å². The number of aryl methyl sites for hydroxylation is 1. The van der Waals surface area contributed by atoms with E-state index in [1.54, 1.807) is 6.92 Å². The molecule has 1 aromatic rings. The van der Waals surface area contributed by atoms with E-state index in [1.165, 1.54) is 24.2 Å². The number of rotatable bonds is 2. The van der Waals surface area contributed by atoms with E-state index in [0.717, 1.165) is 0 Å². The molecular weight excluding hydrogens is 260 g/mol. The third-order valence-corrected chi connectivity index (χ3v) is 3.34. The van der Waals surface area contributed by atoms with Gasteiger partial charge in [-0.1, -0.05) is 0 Å². The molecule has 20 heavy (non-hydrogen) atoms. The minimum Gasteiger partial charge on any atom is -0.364 e. The van der Waals surface area contributed by atoms with Crippen LogP contribution in [0.1, 0.15) is 16.1 Å². The molecule has 2 rings (SSSR count). The Morgan fingerprint density at radius 1 is 1.45 bits per heavy atom. The van der Waals surface area contributed by atoms with Gasteiger partial charge in [0.2, 0.25) is 5.91 Å². The maximum Gasteiger partial charge on any atom is 0.260 e. The average Bonchev–Trinajstić information content (AvgIpc) is 2.46. The minimum absolute atomic E-state index is 0.0615. The molecule has 0 spiro atoms. The van der Waals surface area contributed by atoms with Crippen LogP contribution in [0.3, 0.4) is 0 Å². The Bertz CT molecular complexity index is 581. The van der Waals surface area contributed by atoms with E-state index in [-0.39, 0.29) is 16.9 Å². The van der Waals surface area contributed by atoms with Crippen molar-refractivity contribution >= 4 is 11.8 Å². The SMILES string of the molecule is CNC(=O)C1CNCCN1C(=O)c1c[nH]c(C)cc1=O. The molecule has 1 unspecified atom stereocenters. The Labute approximate surface area is 116 Å². The molecule has 108 valence electrons. The number of aromatic nitrogens is 1. The lowest BCUT2D eigenvalue weighted by Crippen LogP contribution is -2.59. The van der Waals surface area contributed by atoms with Crippen molar-refractivity contribution in [2.75, 3.05) is 26.7 Å². The van der Waals surface area contributed by atoms with Crippen molar-refractivity contribution in [3.05, 3.63) is 33.7 Å². The molecule has 0 saturated carbocycles. The van der Waals surface area contributed by atoms with Gasteiger partial charge in [-0.25, -0.2) is 0 Å². The van der Waals surface area contributed by atoms with Crippen molar-refractivity contribution in [2.45, 2.75) is 13.0 Å². The van der Waals surface area contributed by atoms with Crippen LogP contribution in [0.25, 0.3) is 0 Å². The summed E-state index contributed by atoms with van der Waals surface area (Å²) in [5.41, 5.74) is 0.418. The van der Waals surface area contributed by atoms with E-state index in [4.69, 9.17) is 0 Å². The number of likely N-dealkylation sites (N-methyl/N-ethyl adjacent to an activating group) is 1. The molecule has 3 N–H and O–H groups in total. The first kappa shape index (κ1) is 14.3. The molecule has 1 atom stereocenters. The molecule has 1 aromatic heterocycles. The van der Waals surface area contributed by atoms with E-state index in [2.05, 4.69) is 15.6 Å². The van der Waals surface area contributed by atoms with E-state index in [0.29, 0.717) is 25.3 Å². The van der Waals surface area contributed by atoms with E-state index in [9.17, 15) is 14.4 Å². The first-order valence-electron chi connectivity index (χ1n) is 6.47. The van der Waals surface area contributed by atoms with Gasteiger partial charge >= 0.3 is 0 Å². The van der Waals surface area contributed by atoms with Crippen molar-refractivity contribution in [1.29, 1.82) is 0 Å². The summed E-state index contributed by atoms with van der Waals surface area (Å²) in [7, 11) is 1.53. The molecule has 1 aliphatic rings. The fourth-order valence-corrected chi connectivity index (χ4v) is 2.24. The van der Waals surface area contributed by atoms with Crippen LogP contribution in [0.2, 0.25) is 0 Å². The maximum absolute atomic E-state index is 12.5. The van der Waals surface area contributed by atoms with E-state index in [1.807, 2.05) is 0 Å². The fourth-order valence-electron chi connectivity index (χ4n) is 2.24. The van der Waals surface area contributed by atoms with Gasteiger partial charge in [0.25, 0.3) is 5.91 Å². The summed E-state index contributed by atoms with van der Waals surface area (Å²) in [6, 6.07) is 0.784. The summed E-state index contributed by atoms with van der Waals surface area (Å²) in [5.74, 6) is -0.657. The largest absolute Gasteiger partial charge is 0.364 e. The Morgan fingerprint density at radius 2 is 2.20 bits per heavy atom. The average molecular weight is 278 g/mol. The van der Waals surface area contributed by atoms with Gasteiger partial charge in [0, 0.05) is 44.6 Å². The van der Waals surface area contributed by atoms with E-state index >= 15 is 0 Å². The number of hydrogen-bond acceptors (Lipinski definition) is 4. The smallest absolute Gasteiger partial charge is 0.260 e. The summed E-state index contributed by atoms with van der Waals surface area (Å²) >= 11 is 0. The number of aromatic amines is 1. The lowest BCUT2D eigenvalue weighted by Gasteiger charge is -2.34. The molecule has 0 aliphatic carbocycles. The highest BCUT2D eigenvalue weighted by Crippen LogP contribution is 2.08. The summed E-state index contributed by atoms with van der Waals surface area (Å²) in [6.45, 7) is 3.12. The predicted molar refractivity (Wildman–Crippen MR) is 73.6 cm³/mol. The molecule has 0 bridgehead atoms. The number of piperazine rings is 1. The van der Waals surface area contributed by atoms with Crippen molar-refractivity contribution in [3.63, 3.8) is 0 Å². The molecule has 0 radical (unpaired) electrons. The normalized spacial score (nSPS) is 18.7. The van der Waals surface area contributed by atoms with Gasteiger partial charge in [0.15, 0.2) is 5.43 Å². The molecule has 1 fully saturated rings. The molecule has 1 saturated heterocycles. The second-order valence-corrected chi connectivity index (χ2v) is 4.73. The third kappa shape index (κ3) is 2.72. The second kappa shape index (κ2) is 5.87. The standard InChI is InChI=1S/C13H18N4O3/c1-8-5-11(18)9(6-16-8)13(20)17-4-3-15-7-10(17)12(19)14-2/h5-6,10,15H,3-4,7H2,1-2H3,(H,14,19)(H,16,18). The maximum atomic E-state index is 12.5. The van der Waals surface area contributed by atoms with Crippen LogP contribution in [0.5, 0.6) is 0 Å². The summed E-state index contributed by atoms with van der Waals surface area (Å²) in [4.78, 5) is 40.5. The molecule has 2 amide bonds. The van der Waals surface area contributed by atoms with Gasteiger partial charge in [-0.3, -0.25) is 14.4 Å². The Morgan fingerprint density at radius 3 is 2.85 bits per heavy atom. The van der Waals surface area contributed by atoms with E-state index < -0.39 is 11.9 Å². The van der Waals surface area contributed by atoms with Gasteiger partial charge in [0.1, 0.15) is 11.6 Å². The highest BCUT2D eigenvalue weighted by atomic mass is 16.2. The number of nitrogens with one attached hydrogen (secondary N) is 3. The first-order chi connectivity index (χ1) is 9.54. The molecule has 7 heteroatoms. The van der Waals surface area contributed by atoms with Crippen LogP contribution in [0.4, 0.5) is 0 Å². The summed E-state index contributed by atoms with van der Waals surface area (Å²) < 4.78 is 0. The van der Waals surface area contributed by atoms with Crippen LogP contribution in [0, 0.1) is 6.92 Å². The van der Waals surface area contributed by atoms with Crippen molar-refractivity contribution in [3.8, 4) is 0 Å². The Hall–Kier alpha value is -2.15. The Balaban J connectivity index is 2.30. The highest BCUT2D eigenvalue weighted by Gasteiger charge is 2.32. The third-order valence-electron chi connectivity index (χ3n) is 3.34. The minimum atomic E-state index is -0.595. The molecular formula is C13H18N4O3. The first-order valence-corrected chi connectivity index (χ1v) is 6.47. The van der Waals surface area contributed by atoms with Crippen molar-refractivity contribution in [2.24, 2.45) is 0 Å². The van der Waals surface area contributed by atoms with Crippen LogP contribution < -0.4 is 16.1 Å². The zero-order chi connectivity index (χ0) is 14.7. The topological polar surface area (TPSA) is 94.3 Å². The number of amides is 2. The lowest BCUT2D eigenvalue weighted by atomic mass is 10.1. The van der Waals surface area contributed by atoms with Crippen LogP contribution in [-0.4, -0.2) is 54.4 Å². The number of pyridine rings is 1. The molecule has 2 heterocycles. The Kier molecular flexibility index (Phi) is 4.19. The summed E-state index contributed by atoms with van der Waals surface area (Å²) in [5, 5.41) is 5.61. The summed E-state index contributed by atoms with van der Waals surface area (Å²) in [6.07, 6.45) is 1.41. The predicted octanol–water partition coefficient (Wildman–Crippen LogP) is -1.16. The van der Waals surface area contributed by atoms with Gasteiger partial charge in [-0.2, -0.15) is 0 Å². The van der Waals surface area contributed by atoms with Gasteiger partial charge in [-0.05, 0) is 6.92 Å². The number of carbonyl (C=O) groups is 2. The zero-order valence-electron chi connectivity index (χ0n) is 11.5. The quantitative estimate of drug-likeness (QED) is 0.636. The van der Waals surface area contributed by atoms with Crippen molar-refractivity contribution in [1.82, 2.24) is 20.5 Å². The molecule has 0 aromatic carbocycles. The van der Waals surface area contributed by atoms with Crippen LogP contribution in [-0.2, 0) is 4.79 Å². The number of nitrogens with zero attached hydrogens (tertiary/aromatic N) is 1. The molecule has 1 aliphatic heterocycles. The van der Waals surface area contributed by atoms with Crippen molar-refractivity contribution < 1.29 is 9.59 Å². The number of hydrogen-bond donors (Lipinski definition) is 3. The molecule has 7 nitrogen and oxygen atoms in total.